The van der Waals surface area contributed by atoms with Gasteiger partial charge in [0.05, 0.1) is 0 Å². The molecule has 3 N–H and O–H groups in total. The van der Waals surface area contributed by atoms with Crippen LogP contribution >= 0.6 is 0 Å². The van der Waals surface area contributed by atoms with Crippen molar-refractivity contribution in [3.8, 4) is 0 Å². The Bertz CT molecular complexity index is 686. The summed E-state index contributed by atoms with van der Waals surface area (Å²) >= 11 is 0. The first-order chi connectivity index (χ1) is 10.0. The SMILES string of the molecule is Cc1ccc(NC(=O)Nc2ccc(N[SH](=O)=O)cc2)cc1. The Morgan fingerprint density at radius 3 is 1.71 bits per heavy atom. The number of amides is 2. The summed E-state index contributed by atoms with van der Waals surface area (Å²) in [6.45, 7) is 1.97. The third kappa shape index (κ3) is 4.81. The molecule has 2 amide bonds. The molecular formula is C14H15N3O3S. The van der Waals surface area contributed by atoms with Crippen LogP contribution in [0.2, 0.25) is 0 Å². The van der Waals surface area contributed by atoms with Crippen molar-refractivity contribution in [1.82, 2.24) is 0 Å². The van der Waals surface area contributed by atoms with Gasteiger partial charge in [-0.1, -0.05) is 17.7 Å². The van der Waals surface area contributed by atoms with E-state index in [0.29, 0.717) is 17.1 Å². The van der Waals surface area contributed by atoms with Crippen molar-refractivity contribution < 1.29 is 13.2 Å². The van der Waals surface area contributed by atoms with E-state index < -0.39 is 10.9 Å². The fourth-order valence-electron chi connectivity index (χ4n) is 1.66. The number of hydrogen-bond donors (Lipinski definition) is 4. The van der Waals surface area contributed by atoms with Crippen LogP contribution in [0.1, 0.15) is 5.56 Å². The average Bonchev–Trinajstić information content (AvgIpc) is 2.43. The number of anilines is 3. The van der Waals surface area contributed by atoms with E-state index in [1.807, 2.05) is 31.2 Å². The maximum Gasteiger partial charge on any atom is 0.323 e. The van der Waals surface area contributed by atoms with Crippen LogP contribution in [-0.2, 0) is 10.9 Å². The molecule has 0 aliphatic carbocycles. The highest BCUT2D eigenvalue weighted by atomic mass is 32.2. The van der Waals surface area contributed by atoms with Crippen LogP contribution < -0.4 is 15.4 Å². The van der Waals surface area contributed by atoms with Gasteiger partial charge >= 0.3 is 6.03 Å². The summed E-state index contributed by atoms with van der Waals surface area (Å²) in [7, 11) is -2.69. The number of urea groups is 1. The predicted octanol–water partition coefficient (Wildman–Crippen LogP) is 2.58. The molecule has 0 aromatic heterocycles. The molecule has 110 valence electrons. The zero-order valence-corrected chi connectivity index (χ0v) is 12.2. The van der Waals surface area contributed by atoms with Gasteiger partial charge in [0.2, 0.25) is 10.9 Å². The number of rotatable bonds is 4. The largest absolute Gasteiger partial charge is 0.323 e. The van der Waals surface area contributed by atoms with Gasteiger partial charge in [-0.3, -0.25) is 4.72 Å². The van der Waals surface area contributed by atoms with Crippen LogP contribution in [0.25, 0.3) is 0 Å². The van der Waals surface area contributed by atoms with Crippen LogP contribution in [0.5, 0.6) is 0 Å². The van der Waals surface area contributed by atoms with Gasteiger partial charge in [-0.25, -0.2) is 13.2 Å². The van der Waals surface area contributed by atoms with Gasteiger partial charge in [0, 0.05) is 17.1 Å². The number of benzene rings is 2. The highest BCUT2D eigenvalue weighted by Gasteiger charge is 2.02. The van der Waals surface area contributed by atoms with E-state index in [9.17, 15) is 13.2 Å². The highest BCUT2D eigenvalue weighted by molar-refractivity contribution is 7.73. The minimum Gasteiger partial charge on any atom is -0.308 e. The van der Waals surface area contributed by atoms with Gasteiger partial charge in [-0.2, -0.15) is 0 Å². The lowest BCUT2D eigenvalue weighted by atomic mass is 10.2. The molecule has 0 atom stereocenters. The first-order valence-corrected chi connectivity index (χ1v) is 7.36. The fourth-order valence-corrected chi connectivity index (χ4v) is 2.02. The van der Waals surface area contributed by atoms with E-state index in [0.717, 1.165) is 5.56 Å². The highest BCUT2D eigenvalue weighted by Crippen LogP contribution is 2.14. The van der Waals surface area contributed by atoms with E-state index in [4.69, 9.17) is 0 Å². The van der Waals surface area contributed by atoms with Crippen molar-refractivity contribution in [3.63, 3.8) is 0 Å². The minimum atomic E-state index is -2.69. The van der Waals surface area contributed by atoms with E-state index in [-0.39, 0.29) is 6.03 Å². The summed E-state index contributed by atoms with van der Waals surface area (Å²) in [5.74, 6) is 0. The molecule has 0 fully saturated rings. The molecule has 0 aliphatic rings. The van der Waals surface area contributed by atoms with Crippen LogP contribution in [-0.4, -0.2) is 14.4 Å². The van der Waals surface area contributed by atoms with Crippen molar-refractivity contribution >= 4 is 34.0 Å². The molecule has 0 aliphatic heterocycles. The van der Waals surface area contributed by atoms with E-state index >= 15 is 0 Å². The molecule has 0 spiro atoms. The maximum atomic E-state index is 11.8. The number of carbonyl (C=O) groups is 1. The van der Waals surface area contributed by atoms with Gasteiger partial charge in [0.25, 0.3) is 0 Å². The molecular weight excluding hydrogens is 290 g/mol. The third-order valence-corrected chi connectivity index (χ3v) is 3.11. The zero-order chi connectivity index (χ0) is 15.2. The molecule has 0 unspecified atom stereocenters. The number of carbonyl (C=O) groups excluding carboxylic acids is 1. The first-order valence-electron chi connectivity index (χ1n) is 6.19. The third-order valence-electron chi connectivity index (χ3n) is 2.67. The molecule has 2 aromatic rings. The van der Waals surface area contributed by atoms with Gasteiger partial charge < -0.3 is 10.6 Å². The Kier molecular flexibility index (Phi) is 4.78. The van der Waals surface area contributed by atoms with Gasteiger partial charge in [-0.05, 0) is 43.3 Å². The molecule has 0 radical (unpaired) electrons. The van der Waals surface area contributed by atoms with E-state index in [2.05, 4.69) is 15.4 Å². The lowest BCUT2D eigenvalue weighted by Crippen LogP contribution is -2.19. The van der Waals surface area contributed by atoms with Crippen LogP contribution in [0, 0.1) is 6.92 Å². The summed E-state index contributed by atoms with van der Waals surface area (Å²) in [5.41, 5.74) is 2.81. The van der Waals surface area contributed by atoms with Crippen molar-refractivity contribution in [2.75, 3.05) is 15.4 Å². The molecule has 2 aromatic carbocycles. The fraction of sp³-hybridized carbons (Fsp3) is 0.0714. The van der Waals surface area contributed by atoms with E-state index in [1.165, 1.54) is 0 Å². The van der Waals surface area contributed by atoms with Crippen molar-refractivity contribution in [3.05, 3.63) is 54.1 Å². The van der Waals surface area contributed by atoms with Gasteiger partial charge in [0.15, 0.2) is 0 Å². The van der Waals surface area contributed by atoms with E-state index in [1.54, 1.807) is 24.3 Å². The Morgan fingerprint density at radius 2 is 1.24 bits per heavy atom. The second-order valence-corrected chi connectivity index (χ2v) is 5.13. The molecule has 7 heteroatoms. The minimum absolute atomic E-state index is 0.366. The smallest absolute Gasteiger partial charge is 0.308 e. The van der Waals surface area contributed by atoms with Crippen molar-refractivity contribution in [2.24, 2.45) is 0 Å². The topological polar surface area (TPSA) is 87.3 Å². The summed E-state index contributed by atoms with van der Waals surface area (Å²) < 4.78 is 23.3. The molecule has 0 saturated heterocycles. The standard InChI is InChI=1S/C14H15N3O3S/c1-10-2-4-11(5-3-10)15-14(18)16-12-6-8-13(9-7-12)17-21(19)20/h2-9,21H,1H3,(H2,15,16,18)(H,17,19,20). The maximum absolute atomic E-state index is 11.8. The second-order valence-electron chi connectivity index (χ2n) is 4.39. The van der Waals surface area contributed by atoms with Crippen LogP contribution in [0.4, 0.5) is 21.9 Å². The summed E-state index contributed by atoms with van der Waals surface area (Å²) in [6.07, 6.45) is 0. The van der Waals surface area contributed by atoms with Gasteiger partial charge in [-0.15, -0.1) is 0 Å². The first kappa shape index (κ1) is 14.9. The van der Waals surface area contributed by atoms with Crippen LogP contribution in [0.3, 0.4) is 0 Å². The Balaban J connectivity index is 1.94. The normalized spacial score (nSPS) is 10.2. The average molecular weight is 305 g/mol. The van der Waals surface area contributed by atoms with Gasteiger partial charge in [0.1, 0.15) is 0 Å². The lowest BCUT2D eigenvalue weighted by Gasteiger charge is -2.08. The predicted molar refractivity (Wildman–Crippen MR) is 84.2 cm³/mol. The number of thiol groups is 1. The number of hydrogen-bond acceptors (Lipinski definition) is 3. The quantitative estimate of drug-likeness (QED) is 0.655. The Hall–Kier alpha value is -2.54. The summed E-state index contributed by atoms with van der Waals surface area (Å²) in [5, 5.41) is 5.36. The molecule has 0 heterocycles. The van der Waals surface area contributed by atoms with Crippen molar-refractivity contribution in [1.29, 1.82) is 0 Å². The van der Waals surface area contributed by atoms with Crippen LogP contribution in [0.15, 0.2) is 48.5 Å². The molecule has 6 nitrogen and oxygen atoms in total. The second kappa shape index (κ2) is 6.76. The summed E-state index contributed by atoms with van der Waals surface area (Å²) in [6, 6.07) is 13.4. The number of aryl methyl sites for hydroxylation is 1. The molecule has 21 heavy (non-hydrogen) atoms. The molecule has 0 bridgehead atoms. The van der Waals surface area contributed by atoms with Crippen molar-refractivity contribution in [2.45, 2.75) is 6.92 Å². The molecule has 2 rings (SSSR count). The summed E-state index contributed by atoms with van der Waals surface area (Å²) in [4.78, 5) is 11.8. The monoisotopic (exact) mass is 305 g/mol. The number of nitrogens with one attached hydrogen (secondary N) is 3. The Labute approximate surface area is 124 Å². The lowest BCUT2D eigenvalue weighted by molar-refractivity contribution is 0.262. The Morgan fingerprint density at radius 1 is 0.810 bits per heavy atom. The zero-order valence-electron chi connectivity index (χ0n) is 11.3. The molecule has 0 saturated carbocycles.